The Morgan fingerprint density at radius 2 is 1.24 bits per heavy atom. The molecule has 0 aliphatic rings. The number of carbonyl (C=O) groups excluding carboxylic acids is 1. The van der Waals surface area contributed by atoms with Gasteiger partial charge in [0.1, 0.15) is 49.9 Å². The molecule has 0 saturated heterocycles. The zero-order chi connectivity index (χ0) is 32.8. The van der Waals surface area contributed by atoms with Crippen LogP contribution in [0, 0.1) is 11.6 Å². The first-order valence-corrected chi connectivity index (χ1v) is 14.9. The fraction of sp³-hybridized carbons (Fsp3) is 0.424. The highest BCUT2D eigenvalue weighted by Crippen LogP contribution is 2.33. The van der Waals surface area contributed by atoms with Gasteiger partial charge in [0.25, 0.3) is 0 Å². The summed E-state index contributed by atoms with van der Waals surface area (Å²) >= 11 is 0. The van der Waals surface area contributed by atoms with Crippen molar-refractivity contribution in [2.24, 2.45) is 0 Å². The van der Waals surface area contributed by atoms with Gasteiger partial charge in [-0.15, -0.1) is 0 Å². The van der Waals surface area contributed by atoms with Gasteiger partial charge in [-0.3, -0.25) is 0 Å². The van der Waals surface area contributed by atoms with Gasteiger partial charge in [-0.1, -0.05) is 24.3 Å². The molecular formula is C33H42F2N2O9. The van der Waals surface area contributed by atoms with Gasteiger partial charge in [0.2, 0.25) is 0 Å². The Labute approximate surface area is 267 Å². The predicted molar refractivity (Wildman–Crippen MR) is 165 cm³/mol. The lowest BCUT2D eigenvalue weighted by molar-refractivity contribution is 0.0150. The van der Waals surface area contributed by atoms with Crippen molar-refractivity contribution in [2.45, 2.75) is 19.3 Å². The van der Waals surface area contributed by atoms with Gasteiger partial charge in [0.05, 0.1) is 39.6 Å². The third kappa shape index (κ3) is 15.3. The number of rotatable bonds is 23. The van der Waals surface area contributed by atoms with E-state index < -0.39 is 12.2 Å². The third-order valence-corrected chi connectivity index (χ3v) is 6.14. The van der Waals surface area contributed by atoms with E-state index in [1.54, 1.807) is 42.5 Å². The Morgan fingerprint density at radius 1 is 0.696 bits per heavy atom. The highest BCUT2D eigenvalue weighted by atomic mass is 19.1. The molecule has 11 nitrogen and oxygen atoms in total. The van der Waals surface area contributed by atoms with Crippen LogP contribution in [0.2, 0.25) is 0 Å². The second-order valence-corrected chi connectivity index (χ2v) is 9.87. The van der Waals surface area contributed by atoms with E-state index >= 15 is 0 Å². The minimum Gasteiger partial charge on any atom is -0.491 e. The zero-order valence-electron chi connectivity index (χ0n) is 25.9. The van der Waals surface area contributed by atoms with Crippen molar-refractivity contribution in [3.63, 3.8) is 0 Å². The Hall–Kier alpha value is -4.01. The Balaban J connectivity index is 1.36. The van der Waals surface area contributed by atoms with Crippen LogP contribution in [0.25, 0.3) is 0 Å². The number of alkyl carbamates (subject to hydrolysis) is 1. The van der Waals surface area contributed by atoms with Crippen LogP contribution in [0.4, 0.5) is 13.6 Å². The van der Waals surface area contributed by atoms with Crippen LogP contribution >= 0.6 is 0 Å². The van der Waals surface area contributed by atoms with E-state index in [0.29, 0.717) is 50.3 Å². The van der Waals surface area contributed by atoms with Crippen molar-refractivity contribution in [3.05, 3.63) is 89.5 Å². The van der Waals surface area contributed by atoms with Crippen LogP contribution in [0.15, 0.2) is 66.7 Å². The SMILES string of the molecule is CNCCOCCOCCOCCNC(=O)OC[C@H](O)COc1ccc(OCc2ccc(F)cc2)c(OCc2ccc(F)cc2)c1. The van der Waals surface area contributed by atoms with E-state index in [-0.39, 0.29) is 51.2 Å². The lowest BCUT2D eigenvalue weighted by atomic mass is 10.2. The minimum atomic E-state index is -1.10. The van der Waals surface area contributed by atoms with Gasteiger partial charge < -0.3 is 48.9 Å². The van der Waals surface area contributed by atoms with Crippen molar-refractivity contribution in [1.29, 1.82) is 0 Å². The maximum atomic E-state index is 13.3. The second-order valence-electron chi connectivity index (χ2n) is 9.87. The van der Waals surface area contributed by atoms with Crippen molar-refractivity contribution in [2.75, 3.05) is 73.0 Å². The average molecular weight is 649 g/mol. The van der Waals surface area contributed by atoms with E-state index in [1.165, 1.54) is 24.3 Å². The first-order chi connectivity index (χ1) is 22.4. The van der Waals surface area contributed by atoms with Crippen molar-refractivity contribution in [1.82, 2.24) is 10.6 Å². The largest absolute Gasteiger partial charge is 0.491 e. The first kappa shape index (κ1) is 36.5. The summed E-state index contributed by atoms with van der Waals surface area (Å²) < 4.78 is 65.2. The summed E-state index contributed by atoms with van der Waals surface area (Å²) in [4.78, 5) is 11.9. The molecule has 0 aliphatic heterocycles. The molecule has 13 heteroatoms. The number of hydrogen-bond acceptors (Lipinski definition) is 10. The molecular weight excluding hydrogens is 606 g/mol. The van der Waals surface area contributed by atoms with E-state index in [9.17, 15) is 18.7 Å². The molecule has 252 valence electrons. The molecule has 0 spiro atoms. The molecule has 3 rings (SSSR count). The summed E-state index contributed by atoms with van der Waals surface area (Å²) in [6.07, 6.45) is -1.80. The van der Waals surface area contributed by atoms with Gasteiger partial charge >= 0.3 is 6.09 Å². The minimum absolute atomic E-state index is 0.133. The predicted octanol–water partition coefficient (Wildman–Crippen LogP) is 3.86. The number of ether oxygens (including phenoxy) is 7. The van der Waals surface area contributed by atoms with Crippen LogP contribution in [0.5, 0.6) is 17.2 Å². The molecule has 0 radical (unpaired) electrons. The molecule has 0 aliphatic carbocycles. The number of halogens is 2. The summed E-state index contributed by atoms with van der Waals surface area (Å²) in [5, 5.41) is 15.8. The molecule has 0 aromatic heterocycles. The summed E-state index contributed by atoms with van der Waals surface area (Å²) in [6, 6.07) is 16.7. The topological polar surface area (TPSA) is 126 Å². The molecule has 3 N–H and O–H groups in total. The molecule has 46 heavy (non-hydrogen) atoms. The van der Waals surface area contributed by atoms with E-state index in [0.717, 1.165) is 17.7 Å². The van der Waals surface area contributed by atoms with Gasteiger partial charge in [-0.05, 0) is 54.6 Å². The van der Waals surface area contributed by atoms with E-state index in [4.69, 9.17) is 33.2 Å². The lowest BCUT2D eigenvalue weighted by Gasteiger charge is -2.16. The normalized spacial score (nSPS) is 11.6. The molecule has 3 aromatic carbocycles. The van der Waals surface area contributed by atoms with Gasteiger partial charge in [0.15, 0.2) is 11.5 Å². The smallest absolute Gasteiger partial charge is 0.407 e. The van der Waals surface area contributed by atoms with Gasteiger partial charge in [-0.25, -0.2) is 13.6 Å². The fourth-order valence-electron chi connectivity index (χ4n) is 3.70. The summed E-state index contributed by atoms with van der Waals surface area (Å²) in [6.45, 7) is 3.57. The number of benzene rings is 3. The second kappa shape index (κ2) is 21.7. The quantitative estimate of drug-likeness (QED) is 0.131. The lowest BCUT2D eigenvalue weighted by Crippen LogP contribution is -2.32. The number of aliphatic hydroxyl groups excluding tert-OH is 1. The van der Waals surface area contributed by atoms with E-state index in [1.807, 2.05) is 7.05 Å². The molecule has 0 saturated carbocycles. The van der Waals surface area contributed by atoms with Crippen LogP contribution in [0.1, 0.15) is 11.1 Å². The van der Waals surface area contributed by atoms with Gasteiger partial charge in [0, 0.05) is 19.2 Å². The van der Waals surface area contributed by atoms with Crippen molar-refractivity contribution >= 4 is 6.09 Å². The van der Waals surface area contributed by atoms with Crippen LogP contribution in [0.3, 0.4) is 0 Å². The van der Waals surface area contributed by atoms with Crippen molar-refractivity contribution < 1.29 is 51.8 Å². The molecule has 0 heterocycles. The number of likely N-dealkylation sites (N-methyl/N-ethyl adjacent to an activating group) is 1. The van der Waals surface area contributed by atoms with Crippen LogP contribution in [-0.4, -0.2) is 90.3 Å². The molecule has 1 atom stereocenters. The summed E-state index contributed by atoms with van der Waals surface area (Å²) in [7, 11) is 1.86. The third-order valence-electron chi connectivity index (χ3n) is 6.14. The van der Waals surface area contributed by atoms with Crippen LogP contribution in [-0.2, 0) is 32.2 Å². The van der Waals surface area contributed by atoms with Gasteiger partial charge in [-0.2, -0.15) is 0 Å². The Kier molecular flexibility index (Phi) is 17.2. The summed E-state index contributed by atoms with van der Waals surface area (Å²) in [5.41, 5.74) is 1.49. The maximum absolute atomic E-state index is 13.3. The fourth-order valence-corrected chi connectivity index (χ4v) is 3.70. The summed E-state index contributed by atoms with van der Waals surface area (Å²) in [5.74, 6) is 0.418. The highest BCUT2D eigenvalue weighted by Gasteiger charge is 2.13. The van der Waals surface area contributed by atoms with Crippen LogP contribution < -0.4 is 24.8 Å². The number of aliphatic hydroxyl groups is 1. The molecule has 0 bridgehead atoms. The molecule has 0 fully saturated rings. The first-order valence-electron chi connectivity index (χ1n) is 14.9. The highest BCUT2D eigenvalue weighted by molar-refractivity contribution is 5.67. The number of hydrogen-bond donors (Lipinski definition) is 3. The Morgan fingerprint density at radius 3 is 1.83 bits per heavy atom. The van der Waals surface area contributed by atoms with E-state index in [2.05, 4.69) is 10.6 Å². The molecule has 3 aromatic rings. The maximum Gasteiger partial charge on any atom is 0.407 e. The number of carbonyl (C=O) groups is 1. The van der Waals surface area contributed by atoms with Crippen molar-refractivity contribution in [3.8, 4) is 17.2 Å². The standard InChI is InChI=1S/C33H42F2N2O9/c1-36-12-14-40-16-18-42-19-17-41-15-13-37-33(39)46-24-29(38)23-43-30-10-11-31(44-21-25-2-6-27(34)7-3-25)32(20-30)45-22-26-4-8-28(35)9-5-26/h2-11,20,29,36,38H,12-19,21-24H2,1H3,(H,37,39)/t29-/m1/s1. The zero-order valence-corrected chi connectivity index (χ0v) is 25.9. The monoisotopic (exact) mass is 648 g/mol. The number of amides is 1. The number of nitrogens with one attached hydrogen (secondary N) is 2. The molecule has 1 amide bonds. The molecule has 0 unspecified atom stereocenters. The Bertz CT molecular complexity index is 1270. The average Bonchev–Trinajstić information content (AvgIpc) is 3.06.